The van der Waals surface area contributed by atoms with E-state index in [2.05, 4.69) is 5.09 Å². The van der Waals surface area contributed by atoms with Crippen molar-refractivity contribution in [1.82, 2.24) is 9.76 Å². The molecule has 0 spiro atoms. The molecule has 0 fully saturated rings. The van der Waals surface area contributed by atoms with Crippen molar-refractivity contribution in [2.45, 2.75) is 32.4 Å². The number of rotatable bonds is 9. The lowest BCUT2D eigenvalue weighted by Crippen LogP contribution is -2.43. The molecule has 3 unspecified atom stereocenters. The van der Waals surface area contributed by atoms with Gasteiger partial charge in [0, 0.05) is 13.2 Å². The minimum Gasteiger partial charge on any atom is -0.394 e. The monoisotopic (exact) mass is 268 g/mol. The summed E-state index contributed by atoms with van der Waals surface area (Å²) < 4.78 is 24.4. The van der Waals surface area contributed by atoms with Gasteiger partial charge in [0.05, 0.1) is 19.3 Å². The van der Waals surface area contributed by atoms with Gasteiger partial charge in [0.15, 0.2) is 0 Å². The average molecular weight is 268 g/mol. The highest BCUT2D eigenvalue weighted by Crippen LogP contribution is 2.45. The Labute approximate surface area is 104 Å². The molecule has 3 atom stereocenters. The molecule has 0 saturated heterocycles. The van der Waals surface area contributed by atoms with Crippen LogP contribution in [0.15, 0.2) is 0 Å². The van der Waals surface area contributed by atoms with Crippen LogP contribution in [-0.4, -0.2) is 56.3 Å². The number of ether oxygens (including phenoxy) is 1. The molecule has 0 aromatic carbocycles. The predicted octanol–water partition coefficient (Wildman–Crippen LogP) is 1.07. The van der Waals surface area contributed by atoms with Crippen LogP contribution in [0, 0.1) is 0 Å². The lowest BCUT2D eigenvalue weighted by molar-refractivity contribution is 0.0247. The normalized spacial score (nSPS) is 19.0. The van der Waals surface area contributed by atoms with Gasteiger partial charge in [-0.15, -0.1) is 0 Å². The molecule has 17 heavy (non-hydrogen) atoms. The smallest absolute Gasteiger partial charge is 0.343 e. The van der Waals surface area contributed by atoms with Gasteiger partial charge in [0.2, 0.25) is 0 Å². The fourth-order valence-electron chi connectivity index (χ4n) is 1.46. The first kappa shape index (κ1) is 17.0. The van der Waals surface area contributed by atoms with Gasteiger partial charge in [-0.3, -0.25) is 4.57 Å². The summed E-state index contributed by atoms with van der Waals surface area (Å²) in [4.78, 5) is 0. The van der Waals surface area contributed by atoms with Crippen molar-refractivity contribution in [3.63, 3.8) is 0 Å². The zero-order valence-electron chi connectivity index (χ0n) is 11.3. The van der Waals surface area contributed by atoms with Crippen molar-refractivity contribution in [2.24, 2.45) is 0 Å². The zero-order chi connectivity index (χ0) is 13.5. The van der Waals surface area contributed by atoms with Gasteiger partial charge in [0.25, 0.3) is 0 Å². The molecular formula is C10H25N2O4P. The molecule has 2 N–H and O–H groups in total. The fraction of sp³-hybridized carbons (Fsp3) is 1.00. The van der Waals surface area contributed by atoms with Gasteiger partial charge in [0.1, 0.15) is 0 Å². The Hall–Kier alpha value is 0.0300. The maximum absolute atomic E-state index is 12.5. The SMILES string of the molecule is CCOP(=O)(NC(CC)C(CO)OC)N(C)C. The zero-order valence-corrected chi connectivity index (χ0v) is 12.2. The molecule has 0 aliphatic rings. The molecule has 0 bridgehead atoms. The summed E-state index contributed by atoms with van der Waals surface area (Å²) in [5.41, 5.74) is 0. The van der Waals surface area contributed by atoms with E-state index in [1.165, 1.54) is 11.8 Å². The third-order valence-corrected chi connectivity index (χ3v) is 4.85. The van der Waals surface area contributed by atoms with Crippen LogP contribution in [0.5, 0.6) is 0 Å². The van der Waals surface area contributed by atoms with Crippen LogP contribution in [-0.2, 0) is 13.8 Å². The van der Waals surface area contributed by atoms with E-state index in [0.29, 0.717) is 13.0 Å². The fourth-order valence-corrected chi connectivity index (χ4v) is 3.11. The number of aliphatic hydroxyl groups excluding tert-OH is 1. The molecule has 0 aromatic heterocycles. The Bertz CT molecular complexity index is 246. The Morgan fingerprint density at radius 3 is 2.29 bits per heavy atom. The van der Waals surface area contributed by atoms with Gasteiger partial charge in [-0.2, -0.15) is 0 Å². The Morgan fingerprint density at radius 2 is 2.00 bits per heavy atom. The van der Waals surface area contributed by atoms with Crippen molar-refractivity contribution >= 4 is 7.67 Å². The third kappa shape index (κ3) is 5.04. The predicted molar refractivity (Wildman–Crippen MR) is 68.0 cm³/mol. The first-order chi connectivity index (χ1) is 7.95. The van der Waals surface area contributed by atoms with Gasteiger partial charge in [-0.1, -0.05) is 6.92 Å². The van der Waals surface area contributed by atoms with Crippen LogP contribution in [0.3, 0.4) is 0 Å². The molecule has 0 amide bonds. The van der Waals surface area contributed by atoms with E-state index in [1.54, 1.807) is 21.0 Å². The standard InChI is InChI=1S/C10H25N2O4P/c1-6-9(10(8-13)15-5)11-17(14,12(3)4)16-7-2/h9-10,13H,6-8H2,1-5H3,(H,11,14). The molecule has 0 saturated carbocycles. The van der Waals surface area contributed by atoms with Gasteiger partial charge >= 0.3 is 7.67 Å². The molecule has 0 heterocycles. The lowest BCUT2D eigenvalue weighted by atomic mass is 10.1. The van der Waals surface area contributed by atoms with Crippen molar-refractivity contribution in [1.29, 1.82) is 0 Å². The van der Waals surface area contributed by atoms with Crippen LogP contribution in [0.2, 0.25) is 0 Å². The van der Waals surface area contributed by atoms with E-state index in [9.17, 15) is 9.67 Å². The summed E-state index contributed by atoms with van der Waals surface area (Å²) in [6.45, 7) is 3.96. The summed E-state index contributed by atoms with van der Waals surface area (Å²) in [6, 6.07) is -0.218. The van der Waals surface area contributed by atoms with E-state index in [4.69, 9.17) is 9.26 Å². The first-order valence-electron chi connectivity index (χ1n) is 5.78. The van der Waals surface area contributed by atoms with Crippen LogP contribution in [0.1, 0.15) is 20.3 Å². The van der Waals surface area contributed by atoms with Crippen molar-refractivity contribution in [3.8, 4) is 0 Å². The second-order valence-corrected chi connectivity index (χ2v) is 6.24. The second kappa shape index (κ2) is 8.19. The highest BCUT2D eigenvalue weighted by Gasteiger charge is 2.32. The van der Waals surface area contributed by atoms with Crippen LogP contribution in [0.25, 0.3) is 0 Å². The number of hydrogen-bond donors (Lipinski definition) is 2. The number of nitrogens with one attached hydrogen (secondary N) is 1. The molecule has 7 heteroatoms. The van der Waals surface area contributed by atoms with Crippen molar-refractivity contribution in [3.05, 3.63) is 0 Å². The van der Waals surface area contributed by atoms with Gasteiger partial charge in [-0.25, -0.2) is 9.76 Å². The summed E-state index contributed by atoms with van der Waals surface area (Å²) in [6.07, 6.45) is 0.290. The minimum absolute atomic E-state index is 0.123. The molecule has 0 aliphatic heterocycles. The topological polar surface area (TPSA) is 71.0 Å². The highest BCUT2D eigenvalue weighted by atomic mass is 31.2. The van der Waals surface area contributed by atoms with Crippen molar-refractivity contribution < 1.29 is 18.9 Å². The minimum atomic E-state index is -3.05. The molecule has 0 radical (unpaired) electrons. The largest absolute Gasteiger partial charge is 0.394 e. The second-order valence-electron chi connectivity index (χ2n) is 3.89. The van der Waals surface area contributed by atoms with Gasteiger partial charge < -0.3 is 14.4 Å². The molecular weight excluding hydrogens is 243 g/mol. The number of hydrogen-bond acceptors (Lipinski definition) is 4. The molecule has 104 valence electrons. The molecule has 0 aromatic rings. The number of methoxy groups -OCH3 is 1. The van der Waals surface area contributed by atoms with Gasteiger partial charge in [-0.05, 0) is 27.4 Å². The van der Waals surface area contributed by atoms with E-state index in [0.717, 1.165) is 0 Å². The summed E-state index contributed by atoms with van der Waals surface area (Å²) in [5, 5.41) is 12.1. The number of nitrogens with zero attached hydrogens (tertiary/aromatic N) is 1. The molecule has 6 nitrogen and oxygen atoms in total. The maximum atomic E-state index is 12.5. The number of aliphatic hydroxyl groups is 1. The van der Waals surface area contributed by atoms with Crippen LogP contribution < -0.4 is 5.09 Å². The Balaban J connectivity index is 4.76. The first-order valence-corrected chi connectivity index (χ1v) is 7.36. The van der Waals surface area contributed by atoms with E-state index in [-0.39, 0.29) is 12.6 Å². The van der Waals surface area contributed by atoms with Crippen LogP contribution >= 0.6 is 7.67 Å². The van der Waals surface area contributed by atoms with Crippen molar-refractivity contribution in [2.75, 3.05) is 34.4 Å². The highest BCUT2D eigenvalue weighted by molar-refractivity contribution is 7.54. The van der Waals surface area contributed by atoms with Crippen LogP contribution in [0.4, 0.5) is 0 Å². The summed E-state index contributed by atoms with van der Waals surface area (Å²) >= 11 is 0. The van der Waals surface area contributed by atoms with E-state index in [1.807, 2.05) is 6.92 Å². The average Bonchev–Trinajstić information content (AvgIpc) is 2.29. The van der Waals surface area contributed by atoms with E-state index < -0.39 is 13.8 Å². The molecule has 0 rings (SSSR count). The summed E-state index contributed by atoms with van der Waals surface area (Å²) in [7, 11) is 1.85. The third-order valence-electron chi connectivity index (χ3n) is 2.53. The quantitative estimate of drug-likeness (QED) is 0.609. The Morgan fingerprint density at radius 1 is 1.41 bits per heavy atom. The molecule has 0 aliphatic carbocycles. The maximum Gasteiger partial charge on any atom is 0.343 e. The van der Waals surface area contributed by atoms with E-state index >= 15 is 0 Å². The summed E-state index contributed by atoms with van der Waals surface area (Å²) in [5.74, 6) is 0. The lowest BCUT2D eigenvalue weighted by Gasteiger charge is -2.31. The Kier molecular flexibility index (Phi) is 8.20.